The first-order valence-corrected chi connectivity index (χ1v) is 16.9. The largest absolute Gasteiger partial charge is 0.420 e. The third kappa shape index (κ3) is 7.47. The molecular formula is C36H34IN9O. The van der Waals surface area contributed by atoms with Gasteiger partial charge in [0.25, 0.3) is 0 Å². The van der Waals surface area contributed by atoms with E-state index in [1.165, 1.54) is 32.4 Å². The minimum absolute atomic E-state index is 0.408. The van der Waals surface area contributed by atoms with Crippen LogP contribution in [0.25, 0.3) is 33.3 Å². The number of likely N-dealkylation sites (tertiary alicyclic amines) is 1. The van der Waals surface area contributed by atoms with Crippen molar-refractivity contribution in [2.75, 3.05) is 36.8 Å². The number of hydrogen-bond donors (Lipinski definition) is 2. The molecular weight excluding hydrogens is 701 g/mol. The molecule has 6 aromatic rings. The first-order chi connectivity index (χ1) is 23.2. The van der Waals surface area contributed by atoms with E-state index in [9.17, 15) is 0 Å². The lowest BCUT2D eigenvalue weighted by Gasteiger charge is -2.26. The van der Waals surface area contributed by atoms with Crippen molar-refractivity contribution in [2.45, 2.75) is 25.7 Å². The van der Waals surface area contributed by atoms with E-state index in [1.54, 1.807) is 24.7 Å². The maximum atomic E-state index is 6.16. The number of nitrogens with zero attached hydrogens (tertiary/aromatic N) is 7. The minimum Gasteiger partial charge on any atom is -0.420 e. The SMILES string of the molecule is Ic1cccc2c(Nc3ccc(Oc4ncccc4-c4ccnc(NCCCN5CCCCC5)n4)nc3)nnc(-c3ccccc3)c12. The summed E-state index contributed by atoms with van der Waals surface area (Å²) < 4.78 is 7.26. The smallest absolute Gasteiger partial charge is 0.230 e. The van der Waals surface area contributed by atoms with Crippen molar-refractivity contribution in [1.82, 2.24) is 35.0 Å². The summed E-state index contributed by atoms with van der Waals surface area (Å²) in [5, 5.41) is 17.9. The average Bonchev–Trinajstić information content (AvgIpc) is 3.12. The van der Waals surface area contributed by atoms with Gasteiger partial charge in [-0.1, -0.05) is 48.9 Å². The van der Waals surface area contributed by atoms with Gasteiger partial charge in [-0.05, 0) is 91.8 Å². The second-order valence-corrected chi connectivity index (χ2v) is 12.5. The van der Waals surface area contributed by atoms with Crippen LogP contribution >= 0.6 is 22.6 Å². The van der Waals surface area contributed by atoms with E-state index in [2.05, 4.69) is 75.4 Å². The molecule has 0 bridgehead atoms. The molecule has 1 aliphatic heterocycles. The second-order valence-electron chi connectivity index (χ2n) is 11.3. The molecule has 1 fully saturated rings. The predicted octanol–water partition coefficient (Wildman–Crippen LogP) is 7.97. The Labute approximate surface area is 287 Å². The molecule has 2 aromatic carbocycles. The number of ether oxygens (including phenoxy) is 1. The van der Waals surface area contributed by atoms with Crippen molar-refractivity contribution in [3.05, 3.63) is 101 Å². The fourth-order valence-electron chi connectivity index (χ4n) is 5.75. The van der Waals surface area contributed by atoms with E-state index in [0.29, 0.717) is 23.5 Å². The van der Waals surface area contributed by atoms with Gasteiger partial charge >= 0.3 is 0 Å². The van der Waals surface area contributed by atoms with Gasteiger partial charge in [-0.3, -0.25) is 0 Å². The summed E-state index contributed by atoms with van der Waals surface area (Å²) in [4.78, 5) is 20.8. The Bertz CT molecular complexity index is 1950. The molecule has 1 saturated heterocycles. The van der Waals surface area contributed by atoms with Crippen LogP contribution in [-0.2, 0) is 0 Å². The zero-order valence-electron chi connectivity index (χ0n) is 25.8. The molecule has 10 nitrogen and oxygen atoms in total. The molecule has 0 spiro atoms. The van der Waals surface area contributed by atoms with Crippen molar-refractivity contribution in [1.29, 1.82) is 0 Å². The van der Waals surface area contributed by atoms with Crippen LogP contribution in [-0.4, -0.2) is 61.2 Å². The van der Waals surface area contributed by atoms with Crippen LogP contribution in [0.3, 0.4) is 0 Å². The Kier molecular flexibility index (Phi) is 9.71. The lowest BCUT2D eigenvalue weighted by Crippen LogP contribution is -2.31. The van der Waals surface area contributed by atoms with Gasteiger partial charge in [0.05, 0.1) is 23.1 Å². The van der Waals surface area contributed by atoms with Crippen LogP contribution in [0.1, 0.15) is 25.7 Å². The van der Waals surface area contributed by atoms with Crippen molar-refractivity contribution < 1.29 is 4.74 Å². The highest BCUT2D eigenvalue weighted by Gasteiger charge is 2.15. The molecule has 0 atom stereocenters. The van der Waals surface area contributed by atoms with Gasteiger partial charge in [0, 0.05) is 44.9 Å². The molecule has 1 aliphatic rings. The highest BCUT2D eigenvalue weighted by atomic mass is 127. The van der Waals surface area contributed by atoms with E-state index in [4.69, 9.17) is 9.72 Å². The van der Waals surface area contributed by atoms with Crippen molar-refractivity contribution in [3.63, 3.8) is 0 Å². The van der Waals surface area contributed by atoms with Crippen LogP contribution in [0.5, 0.6) is 11.8 Å². The molecule has 236 valence electrons. The standard InChI is InChI=1S/C36H34IN9O/c37-29-14-7-12-28-32(29)33(25-10-3-1-4-11-25)44-45-34(28)42-26-15-16-31(41-24-26)47-35-27(13-8-18-38-35)30-17-20-40-36(43-30)39-19-9-23-46-21-5-2-6-22-46/h1,3-4,7-8,10-18,20,24H,2,5-6,9,19,21-23H2,(H,42,45)(H,39,40,43). The predicted molar refractivity (Wildman–Crippen MR) is 194 cm³/mol. The summed E-state index contributed by atoms with van der Waals surface area (Å²) in [6.45, 7) is 4.33. The van der Waals surface area contributed by atoms with E-state index < -0.39 is 0 Å². The zero-order chi connectivity index (χ0) is 31.8. The molecule has 0 amide bonds. The number of aromatic nitrogens is 6. The summed E-state index contributed by atoms with van der Waals surface area (Å²) in [6.07, 6.45) is 10.2. The first kappa shape index (κ1) is 30.9. The van der Waals surface area contributed by atoms with Crippen molar-refractivity contribution >= 4 is 50.8 Å². The summed E-state index contributed by atoms with van der Waals surface area (Å²) in [6, 6.07) is 25.6. The molecule has 7 rings (SSSR count). The minimum atomic E-state index is 0.408. The van der Waals surface area contributed by atoms with E-state index in [0.717, 1.165) is 62.1 Å². The van der Waals surface area contributed by atoms with Crippen LogP contribution in [0.4, 0.5) is 17.5 Å². The number of anilines is 3. The van der Waals surface area contributed by atoms with Crippen LogP contribution in [0, 0.1) is 3.57 Å². The maximum absolute atomic E-state index is 6.16. The van der Waals surface area contributed by atoms with Crippen LogP contribution in [0.2, 0.25) is 0 Å². The Hall–Kier alpha value is -4.75. The lowest BCUT2D eigenvalue weighted by atomic mass is 10.0. The van der Waals surface area contributed by atoms with Crippen LogP contribution in [0.15, 0.2) is 97.5 Å². The second kappa shape index (κ2) is 14.8. The Morgan fingerprint density at radius 2 is 1.70 bits per heavy atom. The van der Waals surface area contributed by atoms with Crippen molar-refractivity contribution in [2.24, 2.45) is 0 Å². The first-order valence-electron chi connectivity index (χ1n) is 15.9. The summed E-state index contributed by atoms with van der Waals surface area (Å²) in [5.41, 5.74) is 4.11. The lowest BCUT2D eigenvalue weighted by molar-refractivity contribution is 0.228. The summed E-state index contributed by atoms with van der Waals surface area (Å²) >= 11 is 2.35. The molecule has 2 N–H and O–H groups in total. The number of hydrogen-bond acceptors (Lipinski definition) is 10. The highest BCUT2D eigenvalue weighted by Crippen LogP contribution is 2.35. The molecule has 0 unspecified atom stereocenters. The van der Waals surface area contributed by atoms with Gasteiger partial charge in [-0.2, -0.15) is 0 Å². The fourth-order valence-corrected chi connectivity index (χ4v) is 6.51. The summed E-state index contributed by atoms with van der Waals surface area (Å²) in [5.74, 6) is 2.07. The highest BCUT2D eigenvalue weighted by molar-refractivity contribution is 14.1. The average molecular weight is 736 g/mol. The van der Waals surface area contributed by atoms with Crippen LogP contribution < -0.4 is 15.4 Å². The fraction of sp³-hybridized carbons (Fsp3) is 0.222. The Morgan fingerprint density at radius 1 is 0.809 bits per heavy atom. The third-order valence-electron chi connectivity index (χ3n) is 8.09. The Morgan fingerprint density at radius 3 is 2.55 bits per heavy atom. The number of piperidine rings is 1. The molecule has 0 aliphatic carbocycles. The molecule has 0 saturated carbocycles. The summed E-state index contributed by atoms with van der Waals surface area (Å²) in [7, 11) is 0. The van der Waals surface area contributed by atoms with Gasteiger partial charge in [0.1, 0.15) is 5.69 Å². The number of fused-ring (bicyclic) bond motifs is 1. The quantitative estimate of drug-likeness (QED) is 0.100. The number of pyridine rings is 2. The molecule has 11 heteroatoms. The number of nitrogens with one attached hydrogen (secondary N) is 2. The molecule has 0 radical (unpaired) electrons. The maximum Gasteiger partial charge on any atom is 0.230 e. The monoisotopic (exact) mass is 735 g/mol. The van der Waals surface area contributed by atoms with E-state index in [1.807, 2.05) is 60.7 Å². The van der Waals surface area contributed by atoms with Gasteiger partial charge in [-0.15, -0.1) is 10.2 Å². The van der Waals surface area contributed by atoms with Gasteiger partial charge in [0.15, 0.2) is 5.82 Å². The number of benzene rings is 2. The molecule has 47 heavy (non-hydrogen) atoms. The number of halogens is 1. The molecule has 5 heterocycles. The zero-order valence-corrected chi connectivity index (χ0v) is 28.0. The van der Waals surface area contributed by atoms with Gasteiger partial charge in [-0.25, -0.2) is 19.9 Å². The third-order valence-corrected chi connectivity index (χ3v) is 8.99. The van der Waals surface area contributed by atoms with Gasteiger partial charge < -0.3 is 20.3 Å². The topological polar surface area (TPSA) is 114 Å². The molecule has 4 aromatic heterocycles. The number of rotatable bonds is 11. The normalized spacial score (nSPS) is 13.4. The van der Waals surface area contributed by atoms with Gasteiger partial charge in [0.2, 0.25) is 17.7 Å². The van der Waals surface area contributed by atoms with E-state index >= 15 is 0 Å². The van der Waals surface area contributed by atoms with E-state index in [-0.39, 0.29) is 0 Å². The van der Waals surface area contributed by atoms with Crippen molar-refractivity contribution in [3.8, 4) is 34.3 Å². The Balaban J connectivity index is 1.04.